The predicted molar refractivity (Wildman–Crippen MR) is 78.6 cm³/mol. The lowest BCUT2D eigenvalue weighted by Crippen LogP contribution is -2.14. The lowest BCUT2D eigenvalue weighted by atomic mass is 10.1. The van der Waals surface area contributed by atoms with Gasteiger partial charge in [-0.1, -0.05) is 17.7 Å². The van der Waals surface area contributed by atoms with Crippen LogP contribution >= 0.6 is 11.3 Å². The Kier molecular flexibility index (Phi) is 3.97. The minimum absolute atomic E-state index is 0.189. The highest BCUT2D eigenvalue weighted by Crippen LogP contribution is 2.22. The number of carbonyl (C=O) groups excluding carboxylic acids is 1. The van der Waals surface area contributed by atoms with Gasteiger partial charge in [0.15, 0.2) is 0 Å². The Morgan fingerprint density at radius 3 is 2.47 bits per heavy atom. The van der Waals surface area contributed by atoms with E-state index < -0.39 is 0 Å². The molecule has 0 atom stereocenters. The van der Waals surface area contributed by atoms with Crippen LogP contribution in [0, 0.1) is 20.8 Å². The maximum absolute atomic E-state index is 12.1. The third-order valence-corrected chi connectivity index (χ3v) is 3.75. The molecule has 2 aromatic rings. The number of anilines is 1. The fraction of sp³-hybridized carbons (Fsp3) is 0.286. The van der Waals surface area contributed by atoms with Gasteiger partial charge in [-0.2, -0.15) is 0 Å². The van der Waals surface area contributed by atoms with Gasteiger partial charge < -0.3 is 11.1 Å². The van der Waals surface area contributed by atoms with Crippen LogP contribution in [0.4, 0.5) is 5.69 Å². The van der Waals surface area contributed by atoms with E-state index in [-0.39, 0.29) is 5.91 Å². The molecular formula is C14H17N3OS. The largest absolute Gasteiger partial charge is 0.325 e. The summed E-state index contributed by atoms with van der Waals surface area (Å²) in [6.45, 7) is 6.38. The molecule has 0 unspecified atom stereocenters. The smallest absolute Gasteiger partial charge is 0.275 e. The van der Waals surface area contributed by atoms with Crippen LogP contribution in [0.3, 0.4) is 0 Å². The Morgan fingerprint density at radius 2 is 1.95 bits per heavy atom. The van der Waals surface area contributed by atoms with Gasteiger partial charge in [-0.15, -0.1) is 11.3 Å². The predicted octanol–water partition coefficient (Wildman–Crippen LogP) is 2.78. The van der Waals surface area contributed by atoms with Crippen LogP contribution in [0.5, 0.6) is 0 Å². The van der Waals surface area contributed by atoms with Crippen molar-refractivity contribution in [3.63, 3.8) is 0 Å². The number of nitrogens with zero attached hydrogens (tertiary/aromatic N) is 1. The van der Waals surface area contributed by atoms with E-state index in [4.69, 9.17) is 5.73 Å². The molecule has 0 fully saturated rings. The number of hydrogen-bond donors (Lipinski definition) is 2. The number of rotatable bonds is 3. The van der Waals surface area contributed by atoms with Crippen molar-refractivity contribution in [2.24, 2.45) is 5.73 Å². The Labute approximate surface area is 116 Å². The van der Waals surface area contributed by atoms with Gasteiger partial charge in [-0.3, -0.25) is 4.79 Å². The van der Waals surface area contributed by atoms with Crippen molar-refractivity contribution in [2.75, 3.05) is 5.32 Å². The molecule has 0 aliphatic heterocycles. The van der Waals surface area contributed by atoms with Crippen molar-refractivity contribution in [1.82, 2.24) is 4.98 Å². The van der Waals surface area contributed by atoms with Crippen LogP contribution in [-0.4, -0.2) is 10.9 Å². The van der Waals surface area contributed by atoms with Gasteiger partial charge in [0.2, 0.25) is 0 Å². The zero-order valence-corrected chi connectivity index (χ0v) is 12.1. The summed E-state index contributed by atoms with van der Waals surface area (Å²) in [5, 5.41) is 5.42. The van der Waals surface area contributed by atoms with E-state index in [1.807, 2.05) is 20.8 Å². The van der Waals surface area contributed by atoms with E-state index in [0.717, 1.165) is 21.8 Å². The molecular weight excluding hydrogens is 258 g/mol. The molecule has 100 valence electrons. The van der Waals surface area contributed by atoms with E-state index in [9.17, 15) is 4.79 Å². The SMILES string of the molecule is Cc1cc(C)c(NC(=O)c2csc(CN)n2)c(C)c1. The molecule has 1 aromatic heterocycles. The first-order valence-corrected chi connectivity index (χ1v) is 6.93. The van der Waals surface area contributed by atoms with E-state index in [1.54, 1.807) is 5.38 Å². The van der Waals surface area contributed by atoms with Gasteiger partial charge >= 0.3 is 0 Å². The van der Waals surface area contributed by atoms with Crippen LogP contribution in [0.2, 0.25) is 0 Å². The Morgan fingerprint density at radius 1 is 1.32 bits per heavy atom. The zero-order chi connectivity index (χ0) is 14.0. The summed E-state index contributed by atoms with van der Waals surface area (Å²) in [4.78, 5) is 16.3. The Balaban J connectivity index is 2.24. The zero-order valence-electron chi connectivity index (χ0n) is 11.3. The number of thiazole rings is 1. The first-order chi connectivity index (χ1) is 9.01. The minimum Gasteiger partial charge on any atom is -0.325 e. The highest BCUT2D eigenvalue weighted by Gasteiger charge is 2.13. The number of aromatic nitrogens is 1. The maximum Gasteiger partial charge on any atom is 0.275 e. The van der Waals surface area contributed by atoms with Crippen molar-refractivity contribution in [1.29, 1.82) is 0 Å². The summed E-state index contributed by atoms with van der Waals surface area (Å²) in [7, 11) is 0. The summed E-state index contributed by atoms with van der Waals surface area (Å²) >= 11 is 1.40. The van der Waals surface area contributed by atoms with E-state index in [1.165, 1.54) is 16.9 Å². The molecule has 19 heavy (non-hydrogen) atoms. The van der Waals surface area contributed by atoms with Crippen LogP contribution in [0.1, 0.15) is 32.2 Å². The normalized spacial score (nSPS) is 10.5. The second-order valence-corrected chi connectivity index (χ2v) is 5.50. The molecule has 1 heterocycles. The number of hydrogen-bond acceptors (Lipinski definition) is 4. The third-order valence-electron chi connectivity index (χ3n) is 2.87. The highest BCUT2D eigenvalue weighted by atomic mass is 32.1. The molecule has 0 bridgehead atoms. The number of benzene rings is 1. The van der Waals surface area contributed by atoms with Crippen molar-refractivity contribution in [2.45, 2.75) is 27.3 Å². The van der Waals surface area contributed by atoms with Gasteiger partial charge in [0.05, 0.1) is 0 Å². The first-order valence-electron chi connectivity index (χ1n) is 6.05. The Bertz CT molecular complexity index is 596. The molecule has 5 heteroatoms. The molecule has 4 nitrogen and oxygen atoms in total. The average Bonchev–Trinajstić information content (AvgIpc) is 2.82. The number of aryl methyl sites for hydroxylation is 3. The molecule has 0 aliphatic carbocycles. The summed E-state index contributed by atoms with van der Waals surface area (Å²) in [5.41, 5.74) is 10.1. The molecule has 0 radical (unpaired) electrons. The van der Waals surface area contributed by atoms with Gasteiger partial charge in [0, 0.05) is 17.6 Å². The molecule has 0 saturated heterocycles. The second kappa shape index (κ2) is 5.50. The minimum atomic E-state index is -0.189. The van der Waals surface area contributed by atoms with Gasteiger partial charge in [-0.05, 0) is 31.9 Å². The number of nitrogens with one attached hydrogen (secondary N) is 1. The fourth-order valence-corrected chi connectivity index (χ4v) is 2.72. The monoisotopic (exact) mass is 275 g/mol. The van der Waals surface area contributed by atoms with Crippen LogP contribution < -0.4 is 11.1 Å². The molecule has 0 spiro atoms. The van der Waals surface area contributed by atoms with Gasteiger partial charge in [-0.25, -0.2) is 4.98 Å². The van der Waals surface area contributed by atoms with Crippen LogP contribution in [0.25, 0.3) is 0 Å². The molecule has 1 amide bonds. The van der Waals surface area contributed by atoms with Crippen molar-refractivity contribution < 1.29 is 4.79 Å². The van der Waals surface area contributed by atoms with E-state index in [0.29, 0.717) is 12.2 Å². The lowest BCUT2D eigenvalue weighted by Gasteiger charge is -2.11. The van der Waals surface area contributed by atoms with Gasteiger partial charge in [0.1, 0.15) is 10.7 Å². The average molecular weight is 275 g/mol. The van der Waals surface area contributed by atoms with E-state index >= 15 is 0 Å². The number of amides is 1. The lowest BCUT2D eigenvalue weighted by molar-refractivity contribution is 0.102. The summed E-state index contributed by atoms with van der Waals surface area (Å²) < 4.78 is 0. The number of nitrogens with two attached hydrogens (primary N) is 1. The topological polar surface area (TPSA) is 68.0 Å². The third kappa shape index (κ3) is 3.00. The fourth-order valence-electron chi connectivity index (χ4n) is 2.06. The van der Waals surface area contributed by atoms with E-state index in [2.05, 4.69) is 22.4 Å². The van der Waals surface area contributed by atoms with Crippen molar-refractivity contribution >= 4 is 22.9 Å². The summed E-state index contributed by atoms with van der Waals surface area (Å²) in [6, 6.07) is 4.10. The highest BCUT2D eigenvalue weighted by molar-refractivity contribution is 7.09. The van der Waals surface area contributed by atoms with Crippen molar-refractivity contribution in [3.8, 4) is 0 Å². The summed E-state index contributed by atoms with van der Waals surface area (Å²) in [5.74, 6) is -0.189. The Hall–Kier alpha value is -1.72. The number of carbonyl (C=O) groups is 1. The molecule has 2 rings (SSSR count). The van der Waals surface area contributed by atoms with Crippen LogP contribution in [0.15, 0.2) is 17.5 Å². The first kappa shape index (κ1) is 13.7. The molecule has 0 saturated carbocycles. The van der Waals surface area contributed by atoms with Gasteiger partial charge in [0.25, 0.3) is 5.91 Å². The molecule has 3 N–H and O–H groups in total. The second-order valence-electron chi connectivity index (χ2n) is 4.56. The molecule has 0 aliphatic rings. The standard InChI is InChI=1S/C14H17N3OS/c1-8-4-9(2)13(10(3)5-8)17-14(18)11-7-19-12(6-15)16-11/h4-5,7H,6,15H2,1-3H3,(H,17,18). The van der Waals surface area contributed by atoms with Crippen molar-refractivity contribution in [3.05, 3.63) is 44.9 Å². The summed E-state index contributed by atoms with van der Waals surface area (Å²) in [6.07, 6.45) is 0. The maximum atomic E-state index is 12.1. The molecule has 1 aromatic carbocycles. The quantitative estimate of drug-likeness (QED) is 0.905. The van der Waals surface area contributed by atoms with Crippen LogP contribution in [-0.2, 0) is 6.54 Å².